The number of hydrogen-bond donors (Lipinski definition) is 1. The lowest BCUT2D eigenvalue weighted by Crippen LogP contribution is -2.40. The van der Waals surface area contributed by atoms with E-state index in [0.29, 0.717) is 11.3 Å². The molecule has 0 aliphatic carbocycles. The highest BCUT2D eigenvalue weighted by atomic mass is 19.3. The third-order valence-corrected chi connectivity index (χ3v) is 4.54. The Kier molecular flexibility index (Phi) is 5.72. The summed E-state index contributed by atoms with van der Waals surface area (Å²) in [5.41, 5.74) is -0.0830. The van der Waals surface area contributed by atoms with Gasteiger partial charge in [-0.25, -0.2) is 4.79 Å². The van der Waals surface area contributed by atoms with Gasteiger partial charge in [0.1, 0.15) is 17.0 Å². The van der Waals surface area contributed by atoms with E-state index in [1.165, 1.54) is 24.3 Å². The molecular formula is C21H22F2N2O4. The number of ether oxygens (including phenoxy) is 2. The van der Waals surface area contributed by atoms with Crippen LogP contribution in [0.2, 0.25) is 0 Å². The number of amides is 3. The van der Waals surface area contributed by atoms with E-state index in [1.54, 1.807) is 25.1 Å². The van der Waals surface area contributed by atoms with Gasteiger partial charge in [0, 0.05) is 0 Å². The van der Waals surface area contributed by atoms with Crippen LogP contribution in [0.3, 0.4) is 0 Å². The summed E-state index contributed by atoms with van der Waals surface area (Å²) in [4.78, 5) is 26.6. The number of imide groups is 1. The maximum absolute atomic E-state index is 13.0. The average Bonchev–Trinajstić information content (AvgIpc) is 2.86. The first-order valence-electron chi connectivity index (χ1n) is 9.14. The fraction of sp³-hybridized carbons (Fsp3) is 0.333. The van der Waals surface area contributed by atoms with Crippen LogP contribution in [-0.2, 0) is 16.9 Å². The van der Waals surface area contributed by atoms with Crippen molar-refractivity contribution in [3.8, 4) is 11.5 Å². The Morgan fingerprint density at radius 1 is 1.03 bits per heavy atom. The second kappa shape index (κ2) is 8.06. The number of benzene rings is 2. The number of carbonyl (C=O) groups excluding carboxylic acids is 2. The fourth-order valence-electron chi connectivity index (χ4n) is 3.18. The van der Waals surface area contributed by atoms with Crippen LogP contribution in [0.1, 0.15) is 31.9 Å². The number of nitrogens with zero attached hydrogens (tertiary/aromatic N) is 1. The van der Waals surface area contributed by atoms with Crippen molar-refractivity contribution < 1.29 is 27.8 Å². The Bertz CT molecular complexity index is 902. The molecule has 0 saturated carbocycles. The molecule has 8 heteroatoms. The molecule has 1 saturated heterocycles. The summed E-state index contributed by atoms with van der Waals surface area (Å²) in [6.45, 7) is 2.55. The number of carbonyl (C=O) groups is 2. The molecule has 3 rings (SSSR count). The Morgan fingerprint density at radius 2 is 1.72 bits per heavy atom. The van der Waals surface area contributed by atoms with Crippen LogP contribution in [0.5, 0.6) is 11.5 Å². The molecule has 0 spiro atoms. The summed E-state index contributed by atoms with van der Waals surface area (Å²) in [6, 6.07) is 12.3. The van der Waals surface area contributed by atoms with Crippen molar-refractivity contribution in [1.29, 1.82) is 0 Å². The fourth-order valence-corrected chi connectivity index (χ4v) is 3.18. The highest BCUT2D eigenvalue weighted by molar-refractivity contribution is 6.07. The smallest absolute Gasteiger partial charge is 0.387 e. The predicted octanol–water partition coefficient (Wildman–Crippen LogP) is 4.04. The van der Waals surface area contributed by atoms with Crippen LogP contribution in [0.4, 0.5) is 13.6 Å². The third-order valence-electron chi connectivity index (χ3n) is 4.54. The second-order valence-corrected chi connectivity index (χ2v) is 7.16. The summed E-state index contributed by atoms with van der Waals surface area (Å²) >= 11 is 0. The SMILES string of the molecule is CC(C)Oc1cccc(CN2C(=O)N[C@@](C)(c3ccc(OC(F)F)cc3)C2=O)c1. The zero-order chi connectivity index (χ0) is 21.2. The number of nitrogens with one attached hydrogen (secondary N) is 1. The van der Waals surface area contributed by atoms with Gasteiger partial charge in [-0.3, -0.25) is 9.69 Å². The van der Waals surface area contributed by atoms with Crippen LogP contribution in [0, 0.1) is 0 Å². The molecule has 1 N–H and O–H groups in total. The summed E-state index contributed by atoms with van der Waals surface area (Å²) in [7, 11) is 0. The van der Waals surface area contributed by atoms with Gasteiger partial charge in [0.15, 0.2) is 0 Å². The molecule has 1 aliphatic rings. The van der Waals surface area contributed by atoms with Crippen molar-refractivity contribution in [2.75, 3.05) is 0 Å². The summed E-state index contributed by atoms with van der Waals surface area (Å²) < 4.78 is 34.6. The van der Waals surface area contributed by atoms with Crippen molar-refractivity contribution in [3.05, 3.63) is 59.7 Å². The van der Waals surface area contributed by atoms with E-state index in [9.17, 15) is 18.4 Å². The van der Waals surface area contributed by atoms with Gasteiger partial charge in [-0.2, -0.15) is 8.78 Å². The molecule has 0 aromatic heterocycles. The number of hydrogen-bond acceptors (Lipinski definition) is 4. The first-order valence-corrected chi connectivity index (χ1v) is 9.14. The zero-order valence-corrected chi connectivity index (χ0v) is 16.3. The largest absolute Gasteiger partial charge is 0.491 e. The van der Waals surface area contributed by atoms with Crippen molar-refractivity contribution in [2.24, 2.45) is 0 Å². The Morgan fingerprint density at radius 3 is 2.34 bits per heavy atom. The van der Waals surface area contributed by atoms with E-state index in [4.69, 9.17) is 4.74 Å². The molecule has 6 nitrogen and oxygen atoms in total. The second-order valence-electron chi connectivity index (χ2n) is 7.16. The minimum Gasteiger partial charge on any atom is -0.491 e. The summed E-state index contributed by atoms with van der Waals surface area (Å²) in [5.74, 6) is 0.199. The average molecular weight is 404 g/mol. The van der Waals surface area contributed by atoms with Crippen molar-refractivity contribution >= 4 is 11.9 Å². The van der Waals surface area contributed by atoms with E-state index in [0.717, 1.165) is 10.5 Å². The Labute approximate surface area is 167 Å². The van der Waals surface area contributed by atoms with Gasteiger partial charge in [0.2, 0.25) is 0 Å². The first-order chi connectivity index (χ1) is 13.7. The van der Waals surface area contributed by atoms with E-state index in [2.05, 4.69) is 10.1 Å². The van der Waals surface area contributed by atoms with Crippen LogP contribution < -0.4 is 14.8 Å². The Hall–Kier alpha value is -3.16. The lowest BCUT2D eigenvalue weighted by Gasteiger charge is -2.22. The van der Waals surface area contributed by atoms with Crippen LogP contribution in [0.25, 0.3) is 0 Å². The van der Waals surface area contributed by atoms with Gasteiger partial charge in [0.25, 0.3) is 5.91 Å². The standard InChI is InChI=1S/C21H22F2N2O4/c1-13(2)28-17-6-4-5-14(11-17)12-25-18(26)21(3,24-20(25)27)15-7-9-16(10-8-15)29-19(22)23/h4-11,13,19H,12H2,1-3H3,(H,24,27)/t21-/m0/s1. The van der Waals surface area contributed by atoms with Crippen molar-refractivity contribution in [2.45, 2.75) is 45.6 Å². The minimum atomic E-state index is -2.94. The summed E-state index contributed by atoms with van der Waals surface area (Å²) in [6.07, 6.45) is 0.00211. The Balaban J connectivity index is 1.78. The molecule has 0 radical (unpaired) electrons. The lowest BCUT2D eigenvalue weighted by molar-refractivity contribution is -0.131. The quantitative estimate of drug-likeness (QED) is 0.708. The molecule has 0 unspecified atom stereocenters. The molecule has 0 bridgehead atoms. The maximum atomic E-state index is 13.0. The zero-order valence-electron chi connectivity index (χ0n) is 16.3. The predicted molar refractivity (Wildman–Crippen MR) is 102 cm³/mol. The topological polar surface area (TPSA) is 67.9 Å². The molecular weight excluding hydrogens is 382 g/mol. The molecule has 2 aromatic rings. The van der Waals surface area contributed by atoms with Gasteiger partial charge >= 0.3 is 12.6 Å². The monoisotopic (exact) mass is 404 g/mol. The van der Waals surface area contributed by atoms with E-state index >= 15 is 0 Å². The van der Waals surface area contributed by atoms with Gasteiger partial charge in [-0.05, 0) is 56.2 Å². The molecule has 3 amide bonds. The van der Waals surface area contributed by atoms with Crippen molar-refractivity contribution in [1.82, 2.24) is 10.2 Å². The molecule has 154 valence electrons. The van der Waals surface area contributed by atoms with Gasteiger partial charge in [0.05, 0.1) is 12.6 Å². The molecule has 1 aliphatic heterocycles. The summed E-state index contributed by atoms with van der Waals surface area (Å²) in [5, 5.41) is 2.69. The molecule has 2 aromatic carbocycles. The number of rotatable bonds is 7. The molecule has 1 atom stereocenters. The van der Waals surface area contributed by atoms with E-state index < -0.39 is 24.1 Å². The van der Waals surface area contributed by atoms with Crippen LogP contribution in [-0.4, -0.2) is 29.6 Å². The van der Waals surface area contributed by atoms with Gasteiger partial charge < -0.3 is 14.8 Å². The molecule has 1 fully saturated rings. The van der Waals surface area contributed by atoms with E-state index in [1.807, 2.05) is 19.9 Å². The highest BCUT2D eigenvalue weighted by Crippen LogP contribution is 2.31. The number of alkyl halides is 2. The highest BCUT2D eigenvalue weighted by Gasteiger charge is 2.48. The molecule has 29 heavy (non-hydrogen) atoms. The van der Waals surface area contributed by atoms with Crippen LogP contribution >= 0.6 is 0 Å². The first kappa shape index (κ1) is 20.6. The van der Waals surface area contributed by atoms with Crippen molar-refractivity contribution in [3.63, 3.8) is 0 Å². The normalized spacial score (nSPS) is 19.1. The minimum absolute atomic E-state index is 0.00211. The third kappa shape index (κ3) is 4.47. The van der Waals surface area contributed by atoms with E-state index in [-0.39, 0.29) is 18.4 Å². The van der Waals surface area contributed by atoms with Gasteiger partial charge in [-0.1, -0.05) is 24.3 Å². The number of urea groups is 1. The molecule has 1 heterocycles. The lowest BCUT2D eigenvalue weighted by atomic mass is 9.92. The number of halogens is 2. The maximum Gasteiger partial charge on any atom is 0.387 e. The van der Waals surface area contributed by atoms with Gasteiger partial charge in [-0.15, -0.1) is 0 Å². The van der Waals surface area contributed by atoms with Crippen LogP contribution in [0.15, 0.2) is 48.5 Å².